The minimum Gasteiger partial charge on any atom is -0.377 e. The number of halogens is 1. The van der Waals surface area contributed by atoms with Crippen molar-refractivity contribution in [1.82, 2.24) is 9.88 Å². The van der Waals surface area contributed by atoms with Crippen LogP contribution in [-0.2, 0) is 4.74 Å². The number of rotatable bonds is 1. The molecule has 2 aliphatic heterocycles. The standard InChI is InChI=1S/C12H13ClN4O2/c1-6-4-19-5-10-7-2-8(11(13)18)15-3-9(7)16-12(14)17(6)10/h2-3,6,10H,4-5H2,1H3,(H2,14,16)/t6-,10+/m1/s1. The molecule has 2 atom stereocenters. The molecule has 2 N–H and O–H groups in total. The Hall–Kier alpha value is -1.66. The Balaban J connectivity index is 2.11. The third-order valence-corrected chi connectivity index (χ3v) is 3.61. The molecule has 7 heteroatoms. The summed E-state index contributed by atoms with van der Waals surface area (Å²) >= 11 is 5.47. The molecule has 0 bridgehead atoms. The third-order valence-electron chi connectivity index (χ3n) is 3.42. The van der Waals surface area contributed by atoms with Crippen LogP contribution in [0.25, 0.3) is 0 Å². The maximum absolute atomic E-state index is 11.2. The second-order valence-corrected chi connectivity index (χ2v) is 5.02. The third kappa shape index (κ3) is 1.97. The Kier molecular flexibility index (Phi) is 2.91. The van der Waals surface area contributed by atoms with Gasteiger partial charge in [-0.25, -0.2) is 9.98 Å². The van der Waals surface area contributed by atoms with Gasteiger partial charge in [0.1, 0.15) is 5.69 Å². The van der Waals surface area contributed by atoms with Crippen molar-refractivity contribution in [2.24, 2.45) is 10.7 Å². The summed E-state index contributed by atoms with van der Waals surface area (Å²) in [6.07, 6.45) is 1.52. The van der Waals surface area contributed by atoms with E-state index in [1.807, 2.05) is 11.8 Å². The molecule has 1 aromatic rings. The number of pyridine rings is 1. The first-order valence-corrected chi connectivity index (χ1v) is 6.35. The van der Waals surface area contributed by atoms with E-state index >= 15 is 0 Å². The molecule has 0 radical (unpaired) electrons. The molecule has 3 heterocycles. The van der Waals surface area contributed by atoms with Gasteiger partial charge in [0.25, 0.3) is 5.24 Å². The number of morpholine rings is 1. The first-order chi connectivity index (χ1) is 9.08. The lowest BCUT2D eigenvalue weighted by Crippen LogP contribution is -2.53. The van der Waals surface area contributed by atoms with Crippen molar-refractivity contribution < 1.29 is 9.53 Å². The van der Waals surface area contributed by atoms with Gasteiger partial charge in [0.2, 0.25) is 0 Å². The number of aliphatic imine (C=N–C) groups is 1. The Morgan fingerprint density at radius 3 is 3.11 bits per heavy atom. The average molecular weight is 281 g/mol. The smallest absolute Gasteiger partial charge is 0.270 e. The van der Waals surface area contributed by atoms with Gasteiger partial charge < -0.3 is 15.4 Å². The van der Waals surface area contributed by atoms with Crippen LogP contribution in [0.1, 0.15) is 29.0 Å². The van der Waals surface area contributed by atoms with Crippen LogP contribution < -0.4 is 5.73 Å². The number of aromatic nitrogens is 1. The number of hydrogen-bond donors (Lipinski definition) is 1. The van der Waals surface area contributed by atoms with E-state index < -0.39 is 5.24 Å². The molecular weight excluding hydrogens is 268 g/mol. The van der Waals surface area contributed by atoms with E-state index in [4.69, 9.17) is 22.1 Å². The lowest BCUT2D eigenvalue weighted by Gasteiger charge is -2.43. The Labute approximate surface area is 115 Å². The summed E-state index contributed by atoms with van der Waals surface area (Å²) in [5.74, 6) is 0.458. The van der Waals surface area contributed by atoms with Gasteiger partial charge in [0.05, 0.1) is 37.2 Å². The highest BCUT2D eigenvalue weighted by molar-refractivity contribution is 6.67. The zero-order valence-corrected chi connectivity index (χ0v) is 11.1. The van der Waals surface area contributed by atoms with E-state index in [1.54, 1.807) is 6.07 Å². The normalized spacial score (nSPS) is 25.4. The minimum absolute atomic E-state index is 0.0472. The molecule has 0 saturated carbocycles. The van der Waals surface area contributed by atoms with Gasteiger partial charge in [-0.2, -0.15) is 0 Å². The van der Waals surface area contributed by atoms with Crippen LogP contribution in [-0.4, -0.2) is 40.3 Å². The maximum atomic E-state index is 11.2. The van der Waals surface area contributed by atoms with Crippen molar-refractivity contribution in [3.63, 3.8) is 0 Å². The van der Waals surface area contributed by atoms with E-state index in [9.17, 15) is 4.79 Å². The van der Waals surface area contributed by atoms with Crippen molar-refractivity contribution in [2.45, 2.75) is 19.0 Å². The SMILES string of the molecule is C[C@@H]1COC[C@H]2c3cc(C(=O)Cl)ncc3N=C(N)N12. The van der Waals surface area contributed by atoms with Crippen molar-refractivity contribution in [2.75, 3.05) is 13.2 Å². The lowest BCUT2D eigenvalue weighted by atomic mass is 10.00. The van der Waals surface area contributed by atoms with Crippen molar-refractivity contribution in [3.05, 3.63) is 23.5 Å². The van der Waals surface area contributed by atoms with Crippen LogP contribution >= 0.6 is 11.6 Å². The molecule has 0 spiro atoms. The summed E-state index contributed by atoms with van der Waals surface area (Å²) in [5.41, 5.74) is 7.75. The van der Waals surface area contributed by atoms with E-state index in [0.29, 0.717) is 24.9 Å². The predicted molar refractivity (Wildman–Crippen MR) is 70.6 cm³/mol. The van der Waals surface area contributed by atoms with Crippen molar-refractivity contribution in [3.8, 4) is 0 Å². The Morgan fingerprint density at radius 2 is 2.37 bits per heavy atom. The largest absolute Gasteiger partial charge is 0.377 e. The Bertz CT molecular complexity index is 575. The van der Waals surface area contributed by atoms with Crippen LogP contribution in [0.5, 0.6) is 0 Å². The average Bonchev–Trinajstić information content (AvgIpc) is 2.38. The van der Waals surface area contributed by atoms with Gasteiger partial charge in [-0.15, -0.1) is 0 Å². The van der Waals surface area contributed by atoms with Gasteiger partial charge >= 0.3 is 0 Å². The summed E-state index contributed by atoms with van der Waals surface area (Å²) in [5, 5.41) is -0.582. The number of fused-ring (bicyclic) bond motifs is 3. The fraction of sp³-hybridized carbons (Fsp3) is 0.417. The number of nitrogens with two attached hydrogens (primary N) is 1. The second-order valence-electron chi connectivity index (χ2n) is 4.68. The summed E-state index contributed by atoms with van der Waals surface area (Å²) < 4.78 is 5.57. The van der Waals surface area contributed by atoms with E-state index in [1.165, 1.54) is 6.20 Å². The summed E-state index contributed by atoms with van der Waals surface area (Å²) in [7, 11) is 0. The van der Waals surface area contributed by atoms with Crippen LogP contribution in [0.3, 0.4) is 0 Å². The molecule has 0 aromatic carbocycles. The monoisotopic (exact) mass is 280 g/mol. The molecule has 0 unspecified atom stereocenters. The molecule has 0 amide bonds. The van der Waals surface area contributed by atoms with Gasteiger partial charge in [-0.05, 0) is 24.6 Å². The molecule has 6 nitrogen and oxygen atoms in total. The predicted octanol–water partition coefficient (Wildman–Crippen LogP) is 1.18. The molecule has 100 valence electrons. The maximum Gasteiger partial charge on any atom is 0.270 e. The Morgan fingerprint density at radius 1 is 1.58 bits per heavy atom. The summed E-state index contributed by atoms with van der Waals surface area (Å²) in [6.45, 7) is 3.14. The molecule has 1 saturated heterocycles. The second kappa shape index (κ2) is 4.47. The number of nitrogens with zero attached hydrogens (tertiary/aromatic N) is 3. The zero-order valence-electron chi connectivity index (χ0n) is 10.3. The zero-order chi connectivity index (χ0) is 13.6. The van der Waals surface area contributed by atoms with Crippen LogP contribution in [0.2, 0.25) is 0 Å². The molecule has 1 fully saturated rings. The van der Waals surface area contributed by atoms with Crippen LogP contribution in [0.15, 0.2) is 17.3 Å². The van der Waals surface area contributed by atoms with Gasteiger partial charge in [0.15, 0.2) is 5.96 Å². The molecule has 3 rings (SSSR count). The number of carbonyl (C=O) groups is 1. The summed E-state index contributed by atoms with van der Waals surface area (Å²) in [4.78, 5) is 21.5. The fourth-order valence-corrected chi connectivity index (χ4v) is 2.66. The number of guanidine groups is 1. The summed E-state index contributed by atoms with van der Waals surface area (Å²) in [6, 6.07) is 1.76. The molecule has 19 heavy (non-hydrogen) atoms. The molecular formula is C12H13ClN4O2. The van der Waals surface area contributed by atoms with Gasteiger partial charge in [-0.3, -0.25) is 4.79 Å². The number of ether oxygens (including phenoxy) is 1. The molecule has 1 aromatic heterocycles. The highest BCUT2D eigenvalue weighted by Crippen LogP contribution is 2.37. The van der Waals surface area contributed by atoms with Crippen LogP contribution in [0, 0.1) is 0 Å². The minimum atomic E-state index is -0.582. The fourth-order valence-electron chi connectivity index (χ4n) is 2.56. The molecule has 0 aliphatic carbocycles. The first kappa shape index (κ1) is 12.4. The lowest BCUT2D eigenvalue weighted by molar-refractivity contribution is -0.00973. The highest BCUT2D eigenvalue weighted by atomic mass is 35.5. The topological polar surface area (TPSA) is 80.8 Å². The van der Waals surface area contributed by atoms with Crippen molar-refractivity contribution >= 4 is 28.5 Å². The van der Waals surface area contributed by atoms with Crippen molar-refractivity contribution in [1.29, 1.82) is 0 Å². The number of hydrogen-bond acceptors (Lipinski definition) is 6. The quantitative estimate of drug-likeness (QED) is 0.781. The van der Waals surface area contributed by atoms with E-state index in [-0.39, 0.29) is 17.8 Å². The molecule has 2 aliphatic rings. The van der Waals surface area contributed by atoms with Gasteiger partial charge in [-0.1, -0.05) is 0 Å². The van der Waals surface area contributed by atoms with E-state index in [0.717, 1.165) is 5.56 Å². The number of carbonyl (C=O) groups excluding carboxylic acids is 1. The van der Waals surface area contributed by atoms with E-state index in [2.05, 4.69) is 9.98 Å². The highest BCUT2D eigenvalue weighted by Gasteiger charge is 2.36. The van der Waals surface area contributed by atoms with Crippen LogP contribution in [0.4, 0.5) is 5.69 Å². The first-order valence-electron chi connectivity index (χ1n) is 5.98. The van der Waals surface area contributed by atoms with Gasteiger partial charge in [0, 0.05) is 5.56 Å².